The number of rotatable bonds is 8. The summed E-state index contributed by atoms with van der Waals surface area (Å²) in [5.41, 5.74) is 5.65. The average molecular weight is 449 g/mol. The van der Waals surface area contributed by atoms with Crippen molar-refractivity contribution in [3.8, 4) is 16.9 Å². The lowest BCUT2D eigenvalue weighted by Crippen LogP contribution is -2.16. The van der Waals surface area contributed by atoms with Crippen molar-refractivity contribution in [2.24, 2.45) is 5.10 Å². The number of halogens is 3. The highest BCUT2D eigenvalue weighted by atomic mass is 32.1. The van der Waals surface area contributed by atoms with Gasteiger partial charge in [-0.25, -0.2) is 4.98 Å². The van der Waals surface area contributed by atoms with Crippen molar-refractivity contribution in [2.75, 3.05) is 12.0 Å². The lowest BCUT2D eigenvalue weighted by molar-refractivity contribution is -0.274. The molecule has 6 nitrogen and oxygen atoms in total. The molecule has 0 unspecified atom stereocenters. The van der Waals surface area contributed by atoms with Gasteiger partial charge in [-0.1, -0.05) is 36.4 Å². The highest BCUT2D eigenvalue weighted by Gasteiger charge is 2.30. The zero-order valence-corrected chi connectivity index (χ0v) is 17.2. The molecule has 0 saturated heterocycles. The van der Waals surface area contributed by atoms with Gasteiger partial charge in [0.15, 0.2) is 0 Å². The van der Waals surface area contributed by atoms with Gasteiger partial charge in [0.1, 0.15) is 5.75 Å². The summed E-state index contributed by atoms with van der Waals surface area (Å²) in [5.74, 6) is -0.630. The van der Waals surface area contributed by atoms with E-state index in [9.17, 15) is 18.0 Å². The van der Waals surface area contributed by atoms with E-state index in [0.29, 0.717) is 23.0 Å². The normalized spacial score (nSPS) is 11.5. The lowest BCUT2D eigenvalue weighted by Gasteiger charge is -2.10. The van der Waals surface area contributed by atoms with Gasteiger partial charge in [0, 0.05) is 10.9 Å². The van der Waals surface area contributed by atoms with Crippen molar-refractivity contribution in [2.45, 2.75) is 19.7 Å². The molecule has 10 heteroatoms. The third-order valence-electron chi connectivity index (χ3n) is 3.91. The minimum atomic E-state index is -4.73. The number of thiazole rings is 1. The summed E-state index contributed by atoms with van der Waals surface area (Å²) in [5, 5.41) is 6.43. The van der Waals surface area contributed by atoms with Crippen LogP contribution in [0.5, 0.6) is 5.75 Å². The molecule has 0 fully saturated rings. The number of carbonyl (C=O) groups excluding carboxylic acids is 1. The van der Waals surface area contributed by atoms with Crippen molar-refractivity contribution in [1.29, 1.82) is 0 Å². The highest BCUT2D eigenvalue weighted by Crippen LogP contribution is 2.28. The fourth-order valence-electron chi connectivity index (χ4n) is 2.67. The molecule has 0 atom stereocenters. The summed E-state index contributed by atoms with van der Waals surface area (Å²) in [6.07, 6.45) is -3.06. The molecule has 162 valence electrons. The Morgan fingerprint density at radius 2 is 1.94 bits per heavy atom. The zero-order valence-electron chi connectivity index (χ0n) is 16.3. The van der Waals surface area contributed by atoms with E-state index in [4.69, 9.17) is 4.74 Å². The number of esters is 1. The van der Waals surface area contributed by atoms with Crippen LogP contribution in [0.3, 0.4) is 0 Å². The quantitative estimate of drug-likeness (QED) is 0.289. The fourth-order valence-corrected chi connectivity index (χ4v) is 3.32. The predicted molar refractivity (Wildman–Crippen MR) is 112 cm³/mol. The van der Waals surface area contributed by atoms with Crippen LogP contribution >= 0.6 is 11.3 Å². The Hall–Kier alpha value is -3.40. The van der Waals surface area contributed by atoms with Gasteiger partial charge < -0.3 is 9.47 Å². The average Bonchev–Trinajstić information content (AvgIpc) is 3.15. The molecule has 0 radical (unpaired) electrons. The smallest absolute Gasteiger partial charge is 0.466 e. The molecule has 0 amide bonds. The van der Waals surface area contributed by atoms with Crippen molar-refractivity contribution >= 4 is 28.7 Å². The lowest BCUT2D eigenvalue weighted by atomic mass is 10.0. The number of anilines is 1. The van der Waals surface area contributed by atoms with Crippen LogP contribution in [0.4, 0.5) is 18.3 Å². The maximum absolute atomic E-state index is 12.3. The van der Waals surface area contributed by atoms with E-state index >= 15 is 0 Å². The standard InChI is InChI=1S/C21H18F3N3O3S/c1-2-29-19(28)11-16-13-31-20(26-16)27-25-12-15-5-3-4-6-18(15)14-7-9-17(10-8-14)30-21(22,23)24/h3-10,12-13H,2,11H2,1H3,(H,26,27). The van der Waals surface area contributed by atoms with E-state index in [1.165, 1.54) is 23.5 Å². The van der Waals surface area contributed by atoms with Crippen LogP contribution in [0.2, 0.25) is 0 Å². The number of benzene rings is 2. The van der Waals surface area contributed by atoms with Crippen molar-refractivity contribution in [1.82, 2.24) is 4.98 Å². The van der Waals surface area contributed by atoms with Crippen molar-refractivity contribution in [3.63, 3.8) is 0 Å². The molecule has 31 heavy (non-hydrogen) atoms. The van der Waals surface area contributed by atoms with Crippen LogP contribution in [0.1, 0.15) is 18.2 Å². The third-order valence-corrected chi connectivity index (χ3v) is 4.70. The van der Waals surface area contributed by atoms with Gasteiger partial charge in [-0.05, 0) is 30.2 Å². The first-order valence-electron chi connectivity index (χ1n) is 9.18. The van der Waals surface area contributed by atoms with Crippen LogP contribution in [0.15, 0.2) is 59.0 Å². The van der Waals surface area contributed by atoms with Gasteiger partial charge in [0.05, 0.1) is 24.9 Å². The predicted octanol–water partition coefficient (Wildman–Crippen LogP) is 5.26. The van der Waals surface area contributed by atoms with Crippen molar-refractivity contribution < 1.29 is 27.4 Å². The van der Waals surface area contributed by atoms with Crippen LogP contribution < -0.4 is 10.2 Å². The van der Waals surface area contributed by atoms with Gasteiger partial charge >= 0.3 is 12.3 Å². The molecular formula is C21H18F3N3O3S. The molecule has 1 aromatic heterocycles. The topological polar surface area (TPSA) is 72.8 Å². The molecule has 0 bridgehead atoms. The summed E-state index contributed by atoms with van der Waals surface area (Å²) in [6, 6.07) is 12.9. The number of carbonyl (C=O) groups is 1. The van der Waals surface area contributed by atoms with Gasteiger partial charge in [-0.2, -0.15) is 5.10 Å². The van der Waals surface area contributed by atoms with E-state index < -0.39 is 6.36 Å². The number of aromatic nitrogens is 1. The Bertz CT molecular complexity index is 1050. The zero-order chi connectivity index (χ0) is 22.3. The van der Waals surface area contributed by atoms with Crippen LogP contribution in [-0.4, -0.2) is 30.1 Å². The summed E-state index contributed by atoms with van der Waals surface area (Å²) >= 11 is 1.30. The molecule has 1 heterocycles. The molecule has 0 aliphatic carbocycles. The van der Waals surface area contributed by atoms with E-state index in [2.05, 4.69) is 20.2 Å². The Morgan fingerprint density at radius 1 is 1.19 bits per heavy atom. The summed E-state index contributed by atoms with van der Waals surface area (Å²) < 4.78 is 45.8. The van der Waals surface area contributed by atoms with E-state index in [0.717, 1.165) is 11.1 Å². The van der Waals surface area contributed by atoms with Crippen LogP contribution in [0, 0.1) is 0 Å². The number of nitrogens with one attached hydrogen (secondary N) is 1. The van der Waals surface area contributed by atoms with Crippen LogP contribution in [-0.2, 0) is 16.0 Å². The van der Waals surface area contributed by atoms with Gasteiger partial charge in [-0.3, -0.25) is 10.2 Å². The fraction of sp³-hybridized carbons (Fsp3) is 0.190. The Labute approximate surface area is 180 Å². The van der Waals surface area contributed by atoms with Gasteiger partial charge in [0.25, 0.3) is 0 Å². The maximum atomic E-state index is 12.3. The number of hydrogen-bond acceptors (Lipinski definition) is 7. The Morgan fingerprint density at radius 3 is 2.65 bits per heavy atom. The first-order valence-corrected chi connectivity index (χ1v) is 10.1. The molecule has 0 aliphatic heterocycles. The minimum Gasteiger partial charge on any atom is -0.466 e. The highest BCUT2D eigenvalue weighted by molar-refractivity contribution is 7.13. The van der Waals surface area contributed by atoms with Crippen molar-refractivity contribution in [3.05, 3.63) is 65.2 Å². The molecule has 3 aromatic rings. The first-order chi connectivity index (χ1) is 14.8. The van der Waals surface area contributed by atoms with E-state index in [1.807, 2.05) is 24.3 Å². The Balaban J connectivity index is 1.68. The van der Waals surface area contributed by atoms with Crippen LogP contribution in [0.25, 0.3) is 11.1 Å². The number of ether oxygens (including phenoxy) is 2. The molecular weight excluding hydrogens is 431 g/mol. The molecule has 3 rings (SSSR count). The van der Waals surface area contributed by atoms with Gasteiger partial charge in [-0.15, -0.1) is 24.5 Å². The Kier molecular flexibility index (Phi) is 7.24. The molecule has 0 saturated carbocycles. The number of hydrogen-bond donors (Lipinski definition) is 1. The molecule has 1 N–H and O–H groups in total. The number of hydrazone groups is 1. The minimum absolute atomic E-state index is 0.0899. The molecule has 2 aromatic carbocycles. The maximum Gasteiger partial charge on any atom is 0.573 e. The summed E-state index contributed by atoms with van der Waals surface area (Å²) in [4.78, 5) is 15.8. The van der Waals surface area contributed by atoms with Gasteiger partial charge in [0.2, 0.25) is 5.13 Å². The largest absolute Gasteiger partial charge is 0.573 e. The first kappa shape index (κ1) is 22.3. The molecule has 0 aliphatic rings. The summed E-state index contributed by atoms with van der Waals surface area (Å²) in [6.45, 7) is 2.05. The molecule has 0 spiro atoms. The third kappa shape index (κ3) is 6.82. The summed E-state index contributed by atoms with van der Waals surface area (Å²) in [7, 11) is 0. The monoisotopic (exact) mass is 449 g/mol. The van der Waals surface area contributed by atoms with E-state index in [-0.39, 0.29) is 18.1 Å². The SMILES string of the molecule is CCOC(=O)Cc1csc(NN=Cc2ccccc2-c2ccc(OC(F)(F)F)cc2)n1. The number of nitrogens with zero attached hydrogens (tertiary/aromatic N) is 2. The second-order valence-electron chi connectivity index (χ2n) is 6.16. The number of alkyl halides is 3. The second kappa shape index (κ2) is 10.1. The van der Waals surface area contributed by atoms with E-state index in [1.54, 1.807) is 30.7 Å². The second-order valence-corrected chi connectivity index (χ2v) is 7.01.